The summed E-state index contributed by atoms with van der Waals surface area (Å²) < 4.78 is 31.7. The number of carbonyl (C=O) groups is 1. The summed E-state index contributed by atoms with van der Waals surface area (Å²) in [5, 5.41) is 2.68. The first-order valence-electron chi connectivity index (χ1n) is 6.43. The van der Waals surface area contributed by atoms with Gasteiger partial charge in [-0.1, -0.05) is 13.8 Å². The Morgan fingerprint density at radius 1 is 1.40 bits per heavy atom. The second-order valence-electron chi connectivity index (χ2n) is 5.09. The van der Waals surface area contributed by atoms with E-state index >= 15 is 0 Å². The molecule has 1 aromatic rings. The largest absolute Gasteiger partial charge is 0.491 e. The Hall–Kier alpha value is -1.76. The van der Waals surface area contributed by atoms with Gasteiger partial charge >= 0.3 is 0 Å². The van der Waals surface area contributed by atoms with E-state index < -0.39 is 10.0 Å². The van der Waals surface area contributed by atoms with Gasteiger partial charge in [-0.2, -0.15) is 0 Å². The summed E-state index contributed by atoms with van der Waals surface area (Å²) in [6.07, 6.45) is 0. The minimum absolute atomic E-state index is 0.0277. The zero-order valence-electron chi connectivity index (χ0n) is 11.5. The van der Waals surface area contributed by atoms with E-state index in [9.17, 15) is 13.2 Å². The molecule has 0 aromatic heterocycles. The average molecular weight is 298 g/mol. The summed E-state index contributed by atoms with van der Waals surface area (Å²) in [6.45, 7) is 4.49. The lowest BCUT2D eigenvalue weighted by atomic mass is 10.1. The maximum absolute atomic E-state index is 11.9. The van der Waals surface area contributed by atoms with Crippen molar-refractivity contribution < 1.29 is 17.9 Å². The van der Waals surface area contributed by atoms with Crippen LogP contribution in [0, 0.1) is 5.92 Å². The van der Waals surface area contributed by atoms with E-state index in [0.29, 0.717) is 30.2 Å². The second kappa shape index (κ2) is 5.70. The number of fused-ring (bicyclic) bond motifs is 1. The van der Waals surface area contributed by atoms with Gasteiger partial charge in [0.05, 0.1) is 17.9 Å². The molecule has 0 fully saturated rings. The second-order valence-corrected chi connectivity index (χ2v) is 6.86. The predicted octanol–water partition coefficient (Wildman–Crippen LogP) is 1.21. The van der Waals surface area contributed by atoms with Gasteiger partial charge in [-0.05, 0) is 24.1 Å². The van der Waals surface area contributed by atoms with Crippen molar-refractivity contribution in [1.29, 1.82) is 0 Å². The number of carbonyl (C=O) groups excluding carboxylic acids is 1. The van der Waals surface area contributed by atoms with Gasteiger partial charge in [-0.25, -0.2) is 8.42 Å². The minimum atomic E-state index is -3.41. The molecule has 0 aliphatic carbocycles. The van der Waals surface area contributed by atoms with Crippen molar-refractivity contribution in [3.63, 3.8) is 0 Å². The molecule has 110 valence electrons. The molecule has 0 bridgehead atoms. The van der Waals surface area contributed by atoms with E-state index in [2.05, 4.69) is 10.0 Å². The fourth-order valence-corrected chi connectivity index (χ4v) is 3.42. The Morgan fingerprint density at radius 3 is 2.85 bits per heavy atom. The third-order valence-electron chi connectivity index (χ3n) is 2.70. The van der Waals surface area contributed by atoms with Crippen molar-refractivity contribution >= 4 is 21.6 Å². The molecule has 1 amide bonds. The predicted molar refractivity (Wildman–Crippen MR) is 76.5 cm³/mol. The summed E-state index contributed by atoms with van der Waals surface area (Å²) in [5.41, 5.74) is 0.706. The number of sulfonamides is 1. The fourth-order valence-electron chi connectivity index (χ4n) is 1.98. The molecule has 20 heavy (non-hydrogen) atoms. The third-order valence-corrected chi connectivity index (χ3v) is 4.35. The maximum Gasteiger partial charge on any atom is 0.255 e. The minimum Gasteiger partial charge on any atom is -0.491 e. The molecule has 7 heteroatoms. The number of hydrogen-bond acceptors (Lipinski definition) is 4. The summed E-state index contributed by atoms with van der Waals surface area (Å²) in [4.78, 5) is 11.8. The van der Waals surface area contributed by atoms with Gasteiger partial charge in [-0.3, -0.25) is 9.52 Å². The Balaban J connectivity index is 2.25. The van der Waals surface area contributed by atoms with Gasteiger partial charge in [0.25, 0.3) is 5.91 Å². The number of hydrogen-bond donors (Lipinski definition) is 2. The lowest BCUT2D eigenvalue weighted by Crippen LogP contribution is -2.24. The number of ether oxygens (including phenoxy) is 1. The summed E-state index contributed by atoms with van der Waals surface area (Å²) in [5.74, 6) is 0.265. The quantitative estimate of drug-likeness (QED) is 0.875. The molecule has 0 saturated carbocycles. The third kappa shape index (κ3) is 3.63. The van der Waals surface area contributed by atoms with Crippen LogP contribution in [0.25, 0.3) is 0 Å². The van der Waals surface area contributed by atoms with E-state index in [1.54, 1.807) is 12.1 Å². The molecule has 0 saturated heterocycles. The van der Waals surface area contributed by atoms with Gasteiger partial charge in [-0.15, -0.1) is 0 Å². The van der Waals surface area contributed by atoms with Crippen molar-refractivity contribution in [3.8, 4) is 5.75 Å². The van der Waals surface area contributed by atoms with Crippen molar-refractivity contribution in [3.05, 3.63) is 23.8 Å². The molecule has 1 aliphatic rings. The molecule has 1 aromatic carbocycles. The highest BCUT2D eigenvalue weighted by molar-refractivity contribution is 7.92. The van der Waals surface area contributed by atoms with Crippen LogP contribution in [0.3, 0.4) is 0 Å². The van der Waals surface area contributed by atoms with E-state index in [0.717, 1.165) is 0 Å². The van der Waals surface area contributed by atoms with Gasteiger partial charge in [0, 0.05) is 5.69 Å². The first-order valence-corrected chi connectivity index (χ1v) is 8.08. The molecule has 0 radical (unpaired) electrons. The molecular formula is C13H18N2O4S. The Morgan fingerprint density at radius 2 is 2.15 bits per heavy atom. The summed E-state index contributed by atoms with van der Waals surface area (Å²) >= 11 is 0. The van der Waals surface area contributed by atoms with E-state index in [4.69, 9.17) is 4.74 Å². The summed E-state index contributed by atoms with van der Waals surface area (Å²) in [7, 11) is -3.41. The number of amides is 1. The topological polar surface area (TPSA) is 84.5 Å². The van der Waals surface area contributed by atoms with Crippen molar-refractivity contribution in [2.45, 2.75) is 13.8 Å². The van der Waals surface area contributed by atoms with Crippen LogP contribution >= 0.6 is 0 Å². The molecular weight excluding hydrogens is 280 g/mol. The first kappa shape index (κ1) is 14.6. The van der Waals surface area contributed by atoms with Crippen LogP contribution < -0.4 is 14.8 Å². The number of rotatable bonds is 4. The molecule has 2 rings (SSSR count). The monoisotopic (exact) mass is 298 g/mol. The SMILES string of the molecule is CC(C)CS(=O)(=O)Nc1ccc2c(c1)C(=O)NCCO2. The van der Waals surface area contributed by atoms with Crippen LogP contribution in [0.1, 0.15) is 24.2 Å². The molecule has 2 N–H and O–H groups in total. The van der Waals surface area contributed by atoms with Crippen molar-refractivity contribution in [2.24, 2.45) is 5.92 Å². The standard InChI is InChI=1S/C13H18N2O4S/c1-9(2)8-20(17,18)15-10-3-4-12-11(7-10)13(16)14-5-6-19-12/h3-4,7,9,15H,5-6,8H2,1-2H3,(H,14,16). The lowest BCUT2D eigenvalue weighted by Gasteiger charge is -2.12. The van der Waals surface area contributed by atoms with Crippen LogP contribution in [0.15, 0.2) is 18.2 Å². The highest BCUT2D eigenvalue weighted by Gasteiger charge is 2.19. The lowest BCUT2D eigenvalue weighted by molar-refractivity contribution is 0.0957. The Bertz CT molecular complexity index is 611. The van der Waals surface area contributed by atoms with Gasteiger partial charge in [0.15, 0.2) is 0 Å². The van der Waals surface area contributed by atoms with Gasteiger partial charge < -0.3 is 10.1 Å². The fraction of sp³-hybridized carbons (Fsp3) is 0.462. The smallest absolute Gasteiger partial charge is 0.255 e. The molecule has 0 spiro atoms. The van der Waals surface area contributed by atoms with E-state index in [-0.39, 0.29) is 17.6 Å². The van der Waals surface area contributed by atoms with Crippen molar-refractivity contribution in [2.75, 3.05) is 23.6 Å². The van der Waals surface area contributed by atoms with Crippen molar-refractivity contribution in [1.82, 2.24) is 5.32 Å². The van der Waals surface area contributed by atoms with Crippen LogP contribution in [0.2, 0.25) is 0 Å². The van der Waals surface area contributed by atoms with Crippen LogP contribution in [-0.4, -0.2) is 33.2 Å². The molecule has 1 heterocycles. The number of nitrogens with one attached hydrogen (secondary N) is 2. The molecule has 6 nitrogen and oxygen atoms in total. The highest BCUT2D eigenvalue weighted by atomic mass is 32.2. The Kier molecular flexibility index (Phi) is 4.17. The zero-order valence-corrected chi connectivity index (χ0v) is 12.3. The molecule has 0 unspecified atom stereocenters. The van der Waals surface area contributed by atoms with Crippen LogP contribution in [0.5, 0.6) is 5.75 Å². The molecule has 0 atom stereocenters. The van der Waals surface area contributed by atoms with E-state index in [1.165, 1.54) is 6.07 Å². The first-order chi connectivity index (χ1) is 9.37. The summed E-state index contributed by atoms with van der Waals surface area (Å²) in [6, 6.07) is 4.69. The number of anilines is 1. The highest BCUT2D eigenvalue weighted by Crippen LogP contribution is 2.25. The maximum atomic E-state index is 11.9. The van der Waals surface area contributed by atoms with Gasteiger partial charge in [0.2, 0.25) is 10.0 Å². The zero-order chi connectivity index (χ0) is 14.8. The van der Waals surface area contributed by atoms with Gasteiger partial charge in [0.1, 0.15) is 12.4 Å². The molecule has 1 aliphatic heterocycles. The van der Waals surface area contributed by atoms with E-state index in [1.807, 2.05) is 13.8 Å². The van der Waals surface area contributed by atoms with Crippen LogP contribution in [0.4, 0.5) is 5.69 Å². The van der Waals surface area contributed by atoms with Crippen LogP contribution in [-0.2, 0) is 10.0 Å². The number of benzene rings is 1. The average Bonchev–Trinajstić information content (AvgIpc) is 2.49. The Labute approximate surface area is 118 Å². The normalized spacial score (nSPS) is 15.1.